The van der Waals surface area contributed by atoms with Crippen molar-refractivity contribution >= 4 is 16.7 Å². The minimum Gasteiger partial charge on any atom is -0.396 e. The number of hydrogen-bond donors (Lipinski definition) is 2. The van der Waals surface area contributed by atoms with Crippen LogP contribution in [0.1, 0.15) is 25.1 Å². The Labute approximate surface area is 82.2 Å². The van der Waals surface area contributed by atoms with Crippen LogP contribution < -0.4 is 5.32 Å². The average Bonchev–Trinajstić information content (AvgIpc) is 2.51. The minimum absolute atomic E-state index is 0.290. The number of unbranched alkanes of at least 4 members (excludes halogenated alkanes) is 2. The van der Waals surface area contributed by atoms with Gasteiger partial charge in [-0.25, -0.2) is 4.98 Å². The van der Waals surface area contributed by atoms with Crippen LogP contribution in [0.2, 0.25) is 0 Å². The highest BCUT2D eigenvalue weighted by atomic mass is 32.1. The summed E-state index contributed by atoms with van der Waals surface area (Å²) in [6.07, 6.45) is 3.01. The number of aliphatic hydroxyl groups is 1. The molecule has 0 atom stereocenters. The lowest BCUT2D eigenvalue weighted by molar-refractivity contribution is 0.283. The van der Waals surface area contributed by atoms with Gasteiger partial charge in [-0.15, -0.1) is 0 Å². The number of nitrogens with one attached hydrogen (secondary N) is 1. The van der Waals surface area contributed by atoms with E-state index in [1.165, 1.54) is 11.5 Å². The van der Waals surface area contributed by atoms with E-state index >= 15 is 0 Å². The predicted molar refractivity (Wildman–Crippen MR) is 54.1 cm³/mol. The normalized spacial score (nSPS) is 10.3. The van der Waals surface area contributed by atoms with Crippen molar-refractivity contribution in [2.75, 3.05) is 18.5 Å². The summed E-state index contributed by atoms with van der Waals surface area (Å²) in [7, 11) is 0. The SMILES string of the molecule is Cc1nsc(NCCCCCO)n1. The molecule has 2 N–H and O–H groups in total. The van der Waals surface area contributed by atoms with Gasteiger partial charge in [-0.1, -0.05) is 0 Å². The van der Waals surface area contributed by atoms with E-state index < -0.39 is 0 Å². The van der Waals surface area contributed by atoms with Gasteiger partial charge >= 0.3 is 0 Å². The van der Waals surface area contributed by atoms with E-state index in [1.807, 2.05) is 6.92 Å². The van der Waals surface area contributed by atoms with Gasteiger partial charge in [0.15, 0.2) is 0 Å². The van der Waals surface area contributed by atoms with Gasteiger partial charge < -0.3 is 10.4 Å². The number of anilines is 1. The van der Waals surface area contributed by atoms with Gasteiger partial charge in [-0.3, -0.25) is 0 Å². The fourth-order valence-electron chi connectivity index (χ4n) is 0.978. The number of rotatable bonds is 6. The fourth-order valence-corrected chi connectivity index (χ4v) is 1.58. The first-order valence-corrected chi connectivity index (χ1v) is 5.25. The zero-order valence-corrected chi connectivity index (χ0v) is 8.60. The molecule has 4 nitrogen and oxygen atoms in total. The number of aryl methyl sites for hydroxylation is 1. The van der Waals surface area contributed by atoms with Crippen molar-refractivity contribution in [1.82, 2.24) is 9.36 Å². The number of hydrogen-bond acceptors (Lipinski definition) is 5. The number of aromatic nitrogens is 2. The van der Waals surface area contributed by atoms with E-state index in [1.54, 1.807) is 0 Å². The highest BCUT2D eigenvalue weighted by Gasteiger charge is 1.97. The van der Waals surface area contributed by atoms with E-state index in [4.69, 9.17) is 5.11 Å². The third-order valence-corrected chi connectivity index (χ3v) is 2.40. The van der Waals surface area contributed by atoms with Crippen molar-refractivity contribution in [2.24, 2.45) is 0 Å². The second-order valence-corrected chi connectivity index (χ2v) is 3.61. The van der Waals surface area contributed by atoms with Crippen LogP contribution >= 0.6 is 11.5 Å². The van der Waals surface area contributed by atoms with Crippen molar-refractivity contribution in [1.29, 1.82) is 0 Å². The van der Waals surface area contributed by atoms with Crippen LogP contribution in [0.5, 0.6) is 0 Å². The van der Waals surface area contributed by atoms with E-state index in [0.717, 1.165) is 36.8 Å². The van der Waals surface area contributed by atoms with Gasteiger partial charge in [0.1, 0.15) is 5.82 Å². The van der Waals surface area contributed by atoms with Crippen molar-refractivity contribution in [3.05, 3.63) is 5.82 Å². The molecule has 0 spiro atoms. The molecule has 0 aliphatic carbocycles. The summed E-state index contributed by atoms with van der Waals surface area (Å²) in [6.45, 7) is 3.08. The van der Waals surface area contributed by atoms with Crippen molar-refractivity contribution in [3.63, 3.8) is 0 Å². The van der Waals surface area contributed by atoms with Gasteiger partial charge in [0.05, 0.1) is 0 Å². The molecule has 0 bridgehead atoms. The summed E-state index contributed by atoms with van der Waals surface area (Å²) >= 11 is 1.39. The summed E-state index contributed by atoms with van der Waals surface area (Å²) < 4.78 is 4.06. The standard InChI is InChI=1S/C8H15N3OS/c1-7-10-8(13-11-7)9-5-3-2-4-6-12/h12H,2-6H2,1H3,(H,9,10,11). The lowest BCUT2D eigenvalue weighted by atomic mass is 10.2. The van der Waals surface area contributed by atoms with Crippen LogP contribution in [0.15, 0.2) is 0 Å². The summed E-state index contributed by atoms with van der Waals surface area (Å²) in [4.78, 5) is 4.18. The Bertz CT molecular complexity index is 239. The Morgan fingerprint density at radius 1 is 1.38 bits per heavy atom. The van der Waals surface area contributed by atoms with Crippen molar-refractivity contribution in [3.8, 4) is 0 Å². The lowest BCUT2D eigenvalue weighted by Crippen LogP contribution is -2.01. The van der Waals surface area contributed by atoms with Gasteiger partial charge in [-0.2, -0.15) is 4.37 Å². The van der Waals surface area contributed by atoms with Gasteiger partial charge in [0, 0.05) is 24.7 Å². The molecule has 13 heavy (non-hydrogen) atoms. The minimum atomic E-state index is 0.290. The Kier molecular flexibility index (Phi) is 4.70. The molecule has 0 aliphatic heterocycles. The van der Waals surface area contributed by atoms with Crippen LogP contribution in [0.25, 0.3) is 0 Å². The predicted octanol–water partition coefficient (Wildman–Crippen LogP) is 1.42. The summed E-state index contributed by atoms with van der Waals surface area (Å²) in [5, 5.41) is 12.6. The zero-order chi connectivity index (χ0) is 9.52. The van der Waals surface area contributed by atoms with E-state index in [2.05, 4.69) is 14.7 Å². The number of aliphatic hydroxyl groups excluding tert-OH is 1. The van der Waals surface area contributed by atoms with Gasteiger partial charge in [0.2, 0.25) is 5.13 Å². The molecule has 5 heteroatoms. The summed E-state index contributed by atoms with van der Waals surface area (Å²) in [5.74, 6) is 0.822. The monoisotopic (exact) mass is 201 g/mol. The largest absolute Gasteiger partial charge is 0.396 e. The molecule has 0 unspecified atom stereocenters. The third-order valence-electron chi connectivity index (χ3n) is 1.64. The molecule has 0 amide bonds. The zero-order valence-electron chi connectivity index (χ0n) is 7.79. The maximum atomic E-state index is 8.55. The quantitative estimate of drug-likeness (QED) is 0.683. The van der Waals surface area contributed by atoms with E-state index in [-0.39, 0.29) is 6.61 Å². The molecule has 0 aliphatic rings. The topological polar surface area (TPSA) is 58.0 Å². The molecular weight excluding hydrogens is 186 g/mol. The number of nitrogens with zero attached hydrogens (tertiary/aromatic N) is 2. The maximum absolute atomic E-state index is 8.55. The smallest absolute Gasteiger partial charge is 0.202 e. The summed E-state index contributed by atoms with van der Waals surface area (Å²) in [6, 6.07) is 0. The van der Waals surface area contributed by atoms with E-state index in [0.29, 0.717) is 0 Å². The Morgan fingerprint density at radius 2 is 2.23 bits per heavy atom. The Hall–Kier alpha value is -0.680. The Balaban J connectivity index is 2.06. The van der Waals surface area contributed by atoms with Gasteiger partial charge in [0.25, 0.3) is 0 Å². The van der Waals surface area contributed by atoms with E-state index in [9.17, 15) is 0 Å². The van der Waals surface area contributed by atoms with Crippen LogP contribution in [0, 0.1) is 6.92 Å². The molecule has 0 saturated carbocycles. The van der Waals surface area contributed by atoms with Crippen LogP contribution in [-0.2, 0) is 0 Å². The first-order chi connectivity index (χ1) is 6.33. The molecule has 1 aromatic rings. The van der Waals surface area contributed by atoms with Crippen molar-refractivity contribution in [2.45, 2.75) is 26.2 Å². The van der Waals surface area contributed by atoms with Crippen LogP contribution in [0.3, 0.4) is 0 Å². The van der Waals surface area contributed by atoms with Gasteiger partial charge in [-0.05, 0) is 26.2 Å². The third kappa shape index (κ3) is 4.19. The van der Waals surface area contributed by atoms with Crippen LogP contribution in [-0.4, -0.2) is 27.6 Å². The maximum Gasteiger partial charge on any atom is 0.202 e. The second-order valence-electron chi connectivity index (χ2n) is 2.86. The highest BCUT2D eigenvalue weighted by molar-refractivity contribution is 7.09. The molecule has 0 saturated heterocycles. The van der Waals surface area contributed by atoms with Crippen LogP contribution in [0.4, 0.5) is 5.13 Å². The molecular formula is C8H15N3OS. The molecule has 74 valence electrons. The highest BCUT2D eigenvalue weighted by Crippen LogP contribution is 2.09. The molecule has 0 radical (unpaired) electrons. The molecule has 1 rings (SSSR count). The second kappa shape index (κ2) is 5.88. The fraction of sp³-hybridized carbons (Fsp3) is 0.750. The van der Waals surface area contributed by atoms with Crippen molar-refractivity contribution < 1.29 is 5.11 Å². The lowest BCUT2D eigenvalue weighted by Gasteiger charge is -2.00. The molecule has 0 aromatic carbocycles. The first-order valence-electron chi connectivity index (χ1n) is 4.48. The summed E-state index contributed by atoms with van der Waals surface area (Å²) in [5.41, 5.74) is 0. The average molecular weight is 201 g/mol. The molecule has 1 heterocycles. The first kappa shape index (κ1) is 10.4. The Morgan fingerprint density at radius 3 is 2.85 bits per heavy atom. The molecule has 1 aromatic heterocycles. The molecule has 0 fully saturated rings.